The SMILES string of the molecule is C=C(C)C(=O)OC(C)[Si](CCC)(CCC)OC. The van der Waals surface area contributed by atoms with E-state index in [1.54, 1.807) is 14.0 Å². The second-order valence-corrected chi connectivity index (χ2v) is 8.95. The minimum absolute atomic E-state index is 0.114. The molecule has 0 spiro atoms. The minimum atomic E-state index is -1.97. The normalized spacial score (nSPS) is 13.2. The largest absolute Gasteiger partial charge is 0.460 e. The Bertz CT molecular complexity index is 257. The Morgan fingerprint density at radius 2 is 1.76 bits per heavy atom. The summed E-state index contributed by atoms with van der Waals surface area (Å²) in [5.41, 5.74) is 0.334. The van der Waals surface area contributed by atoms with Gasteiger partial charge in [0.05, 0.1) is 0 Å². The van der Waals surface area contributed by atoms with E-state index in [0.717, 1.165) is 24.9 Å². The van der Waals surface area contributed by atoms with Crippen LogP contribution in [-0.4, -0.2) is 27.1 Å². The van der Waals surface area contributed by atoms with Crippen molar-refractivity contribution in [2.45, 2.75) is 58.4 Å². The smallest absolute Gasteiger partial charge is 0.333 e. The second-order valence-electron chi connectivity index (χ2n) is 4.60. The van der Waals surface area contributed by atoms with Crippen molar-refractivity contribution in [1.29, 1.82) is 0 Å². The summed E-state index contributed by atoms with van der Waals surface area (Å²) < 4.78 is 11.3. The Labute approximate surface area is 106 Å². The van der Waals surface area contributed by atoms with Crippen LogP contribution in [0.5, 0.6) is 0 Å². The first kappa shape index (κ1) is 16.4. The molecule has 0 bridgehead atoms. The molecule has 1 atom stereocenters. The van der Waals surface area contributed by atoms with Crippen LogP contribution in [0.15, 0.2) is 12.2 Å². The lowest BCUT2D eigenvalue weighted by atomic mass is 10.4. The maximum absolute atomic E-state index is 11.6. The Balaban J connectivity index is 4.77. The van der Waals surface area contributed by atoms with Crippen molar-refractivity contribution < 1.29 is 14.0 Å². The number of ether oxygens (including phenoxy) is 1. The summed E-state index contributed by atoms with van der Waals surface area (Å²) in [6.45, 7) is 11.5. The van der Waals surface area contributed by atoms with E-state index in [1.165, 1.54) is 0 Å². The first-order chi connectivity index (χ1) is 7.93. The maximum Gasteiger partial charge on any atom is 0.333 e. The molecule has 0 rings (SSSR count). The van der Waals surface area contributed by atoms with Crippen LogP contribution in [0.4, 0.5) is 0 Å². The molecular weight excluding hydrogens is 232 g/mol. The minimum Gasteiger partial charge on any atom is -0.460 e. The van der Waals surface area contributed by atoms with E-state index < -0.39 is 8.32 Å². The topological polar surface area (TPSA) is 35.5 Å². The van der Waals surface area contributed by atoms with Gasteiger partial charge in [0.1, 0.15) is 5.73 Å². The van der Waals surface area contributed by atoms with Crippen molar-refractivity contribution >= 4 is 14.3 Å². The molecule has 0 fully saturated rings. The molecule has 0 aromatic heterocycles. The molecule has 0 radical (unpaired) electrons. The van der Waals surface area contributed by atoms with Gasteiger partial charge in [-0.3, -0.25) is 0 Å². The van der Waals surface area contributed by atoms with E-state index in [-0.39, 0.29) is 11.7 Å². The summed E-state index contributed by atoms with van der Waals surface area (Å²) in [6, 6.07) is 2.06. The fourth-order valence-corrected chi connectivity index (χ4v) is 5.93. The highest BCUT2D eigenvalue weighted by atomic mass is 28.4. The maximum atomic E-state index is 11.6. The van der Waals surface area contributed by atoms with Gasteiger partial charge in [-0.25, -0.2) is 4.79 Å². The Morgan fingerprint density at radius 1 is 1.29 bits per heavy atom. The van der Waals surface area contributed by atoms with Gasteiger partial charge in [0, 0.05) is 12.7 Å². The molecule has 1 unspecified atom stereocenters. The van der Waals surface area contributed by atoms with E-state index in [0.29, 0.717) is 5.57 Å². The van der Waals surface area contributed by atoms with E-state index in [4.69, 9.17) is 9.16 Å². The van der Waals surface area contributed by atoms with Crippen molar-refractivity contribution in [1.82, 2.24) is 0 Å². The molecule has 3 nitrogen and oxygen atoms in total. The zero-order valence-corrected chi connectivity index (χ0v) is 12.8. The lowest BCUT2D eigenvalue weighted by Crippen LogP contribution is -2.50. The van der Waals surface area contributed by atoms with Crippen LogP contribution in [0.25, 0.3) is 0 Å². The average Bonchev–Trinajstić information content (AvgIpc) is 2.28. The highest BCUT2D eigenvalue weighted by Gasteiger charge is 2.41. The summed E-state index contributed by atoms with van der Waals surface area (Å²) in [5.74, 6) is -0.307. The highest BCUT2D eigenvalue weighted by molar-refractivity contribution is 6.75. The van der Waals surface area contributed by atoms with Crippen molar-refractivity contribution in [2.24, 2.45) is 0 Å². The molecule has 0 saturated carbocycles. The molecule has 0 saturated heterocycles. The molecule has 17 heavy (non-hydrogen) atoms. The quantitative estimate of drug-likeness (QED) is 0.380. The molecule has 0 heterocycles. The standard InChI is InChI=1S/C13H26O3Si/c1-7-9-17(15-6,10-8-2)12(5)16-13(14)11(3)4/h12H,3,7-10H2,1-2,4-6H3. The number of hydrogen-bond acceptors (Lipinski definition) is 3. The molecule has 0 aliphatic heterocycles. The fraction of sp³-hybridized carbons (Fsp3) is 0.769. The number of carbonyl (C=O) groups is 1. The molecule has 0 aromatic carbocycles. The first-order valence-corrected chi connectivity index (χ1v) is 8.75. The fourth-order valence-electron chi connectivity index (χ4n) is 2.12. The van der Waals surface area contributed by atoms with Crippen LogP contribution < -0.4 is 0 Å². The third-order valence-corrected chi connectivity index (χ3v) is 8.23. The highest BCUT2D eigenvalue weighted by Crippen LogP contribution is 2.26. The van der Waals surface area contributed by atoms with E-state index >= 15 is 0 Å². The monoisotopic (exact) mass is 258 g/mol. The van der Waals surface area contributed by atoms with Crippen LogP contribution in [0, 0.1) is 0 Å². The van der Waals surface area contributed by atoms with Gasteiger partial charge in [-0.1, -0.05) is 33.3 Å². The number of carbonyl (C=O) groups excluding carboxylic acids is 1. The van der Waals surface area contributed by atoms with Gasteiger partial charge in [-0.2, -0.15) is 0 Å². The number of rotatable bonds is 8. The summed E-state index contributed by atoms with van der Waals surface area (Å²) in [4.78, 5) is 11.6. The molecule has 4 heteroatoms. The van der Waals surface area contributed by atoms with Crippen molar-refractivity contribution in [2.75, 3.05) is 7.11 Å². The number of esters is 1. The molecule has 100 valence electrons. The van der Waals surface area contributed by atoms with Crippen LogP contribution in [0.2, 0.25) is 12.1 Å². The lowest BCUT2D eigenvalue weighted by molar-refractivity contribution is -0.141. The van der Waals surface area contributed by atoms with E-state index in [9.17, 15) is 4.79 Å². The third-order valence-electron chi connectivity index (χ3n) is 3.13. The van der Waals surface area contributed by atoms with Gasteiger partial charge in [0.25, 0.3) is 0 Å². The van der Waals surface area contributed by atoms with Crippen LogP contribution in [0.3, 0.4) is 0 Å². The zero-order valence-electron chi connectivity index (χ0n) is 11.8. The second kappa shape index (κ2) is 7.66. The average molecular weight is 258 g/mol. The first-order valence-electron chi connectivity index (χ1n) is 6.35. The van der Waals surface area contributed by atoms with Gasteiger partial charge in [0.2, 0.25) is 8.32 Å². The van der Waals surface area contributed by atoms with E-state index in [2.05, 4.69) is 20.4 Å². The zero-order chi connectivity index (χ0) is 13.5. The Kier molecular flexibility index (Phi) is 7.39. The Morgan fingerprint density at radius 3 is 2.06 bits per heavy atom. The van der Waals surface area contributed by atoms with E-state index in [1.807, 2.05) is 6.92 Å². The van der Waals surface area contributed by atoms with Crippen LogP contribution in [-0.2, 0) is 14.0 Å². The molecular formula is C13H26O3Si. The summed E-state index contributed by atoms with van der Waals surface area (Å²) in [7, 11) is -0.213. The van der Waals surface area contributed by atoms with Gasteiger partial charge < -0.3 is 9.16 Å². The number of hydrogen-bond donors (Lipinski definition) is 0. The van der Waals surface area contributed by atoms with Gasteiger partial charge in [-0.05, 0) is 25.9 Å². The molecule has 0 N–H and O–H groups in total. The van der Waals surface area contributed by atoms with Crippen LogP contribution >= 0.6 is 0 Å². The van der Waals surface area contributed by atoms with Crippen molar-refractivity contribution in [3.05, 3.63) is 12.2 Å². The lowest BCUT2D eigenvalue weighted by Gasteiger charge is -2.34. The third kappa shape index (κ3) is 4.64. The van der Waals surface area contributed by atoms with Crippen molar-refractivity contribution in [3.63, 3.8) is 0 Å². The van der Waals surface area contributed by atoms with Gasteiger partial charge >= 0.3 is 5.97 Å². The molecule has 0 amide bonds. The molecule has 0 aliphatic carbocycles. The summed E-state index contributed by atoms with van der Waals surface area (Å²) in [5, 5.41) is 0. The van der Waals surface area contributed by atoms with Gasteiger partial charge in [-0.15, -0.1) is 0 Å². The summed E-state index contributed by atoms with van der Waals surface area (Å²) in [6.07, 6.45) is 2.13. The summed E-state index contributed by atoms with van der Waals surface area (Å²) >= 11 is 0. The van der Waals surface area contributed by atoms with Crippen LogP contribution in [0.1, 0.15) is 40.5 Å². The van der Waals surface area contributed by atoms with Gasteiger partial charge in [0.15, 0.2) is 0 Å². The predicted octanol–water partition coefficient (Wildman–Crippen LogP) is 3.45. The van der Waals surface area contributed by atoms with Crippen molar-refractivity contribution in [3.8, 4) is 0 Å². The molecule has 0 aliphatic rings. The predicted molar refractivity (Wildman–Crippen MR) is 73.3 cm³/mol. The Hall–Kier alpha value is -0.613. The molecule has 0 aromatic rings.